The molecule has 0 radical (unpaired) electrons. The van der Waals surface area contributed by atoms with Crippen LogP contribution in [0.2, 0.25) is 0 Å². The van der Waals surface area contributed by atoms with Crippen molar-refractivity contribution >= 4 is 32.7 Å². The predicted octanol–water partition coefficient (Wildman–Crippen LogP) is 11.7. The van der Waals surface area contributed by atoms with Crippen LogP contribution in [0.4, 0.5) is 0 Å². The zero-order valence-corrected chi connectivity index (χ0v) is 30.3. The summed E-state index contributed by atoms with van der Waals surface area (Å²) in [6.45, 7) is 13.2. The zero-order chi connectivity index (χ0) is 31.7. The molecule has 0 fully saturated rings. The standard InChI is InChI=1S/C38H53IO3S/c1-37(2,3)31-22-18-29(19-23-31)33-26-27-35(43(40,41)42)34(17-15-13-11-9-7-8-10-12-14-16-28-39)36(33)30-20-24-32(25-21-30)38(4,5)6/h18-27H,7-17,28H2,1-6H3,(H,40,41,42). The molecule has 0 atom stereocenters. The van der Waals surface area contributed by atoms with Gasteiger partial charge in [0.05, 0.1) is 4.90 Å². The lowest BCUT2D eigenvalue weighted by atomic mass is 9.83. The maximum Gasteiger partial charge on any atom is 0.294 e. The number of rotatable bonds is 15. The molecule has 0 aliphatic carbocycles. The molecular weight excluding hydrogens is 663 g/mol. The smallest absolute Gasteiger partial charge is 0.282 e. The van der Waals surface area contributed by atoms with Crippen LogP contribution < -0.4 is 0 Å². The molecule has 0 saturated carbocycles. The van der Waals surface area contributed by atoms with Crippen molar-refractivity contribution in [1.82, 2.24) is 0 Å². The molecule has 5 heteroatoms. The van der Waals surface area contributed by atoms with Gasteiger partial charge in [-0.2, -0.15) is 8.42 Å². The van der Waals surface area contributed by atoms with E-state index in [1.54, 1.807) is 6.07 Å². The average Bonchev–Trinajstić information content (AvgIpc) is 2.94. The molecule has 1 N–H and O–H groups in total. The normalized spacial score (nSPS) is 12.6. The van der Waals surface area contributed by atoms with Crippen molar-refractivity contribution in [1.29, 1.82) is 0 Å². The first-order chi connectivity index (χ1) is 20.2. The molecule has 0 bridgehead atoms. The Balaban J connectivity index is 1.94. The summed E-state index contributed by atoms with van der Waals surface area (Å²) < 4.78 is 36.9. The average molecular weight is 717 g/mol. The van der Waals surface area contributed by atoms with E-state index in [0.717, 1.165) is 47.1 Å². The Morgan fingerprint density at radius 1 is 0.581 bits per heavy atom. The molecule has 3 aromatic carbocycles. The largest absolute Gasteiger partial charge is 0.294 e. The van der Waals surface area contributed by atoms with Crippen LogP contribution in [-0.2, 0) is 27.4 Å². The molecule has 0 aliphatic rings. The minimum atomic E-state index is -4.39. The van der Waals surface area contributed by atoms with E-state index in [-0.39, 0.29) is 15.7 Å². The van der Waals surface area contributed by atoms with Gasteiger partial charge in [0.2, 0.25) is 0 Å². The number of alkyl halides is 1. The van der Waals surface area contributed by atoms with E-state index >= 15 is 0 Å². The minimum Gasteiger partial charge on any atom is -0.282 e. The molecular formula is C38H53IO3S. The summed E-state index contributed by atoms with van der Waals surface area (Å²) in [7, 11) is -4.39. The molecule has 0 aromatic heterocycles. The number of unbranched alkanes of at least 4 members (excludes halogenated alkanes) is 9. The van der Waals surface area contributed by atoms with Gasteiger partial charge in [0, 0.05) is 0 Å². The molecule has 0 unspecified atom stereocenters. The third-order valence-corrected chi connectivity index (χ3v) is 10.2. The highest BCUT2D eigenvalue weighted by atomic mass is 127. The van der Waals surface area contributed by atoms with Gasteiger partial charge >= 0.3 is 0 Å². The fraction of sp³-hybridized carbons (Fsp3) is 0.526. The van der Waals surface area contributed by atoms with Crippen LogP contribution >= 0.6 is 22.6 Å². The van der Waals surface area contributed by atoms with Crippen LogP contribution in [0, 0.1) is 0 Å². The topological polar surface area (TPSA) is 54.4 Å². The summed E-state index contributed by atoms with van der Waals surface area (Å²) in [5.41, 5.74) is 7.18. The quantitative estimate of drug-likeness (QED) is 0.0737. The SMILES string of the molecule is CC(C)(C)c1ccc(-c2ccc(S(=O)(=O)O)c(CCCCCCCCCCCCI)c2-c2ccc(C(C)(C)C)cc2)cc1. The van der Waals surface area contributed by atoms with Crippen molar-refractivity contribution < 1.29 is 13.0 Å². The molecule has 3 nitrogen and oxygen atoms in total. The van der Waals surface area contributed by atoms with Crippen molar-refractivity contribution in [2.45, 2.75) is 128 Å². The summed E-state index contributed by atoms with van der Waals surface area (Å²) in [6, 6.07) is 20.6. The predicted molar refractivity (Wildman–Crippen MR) is 193 cm³/mol. The van der Waals surface area contributed by atoms with Crippen LogP contribution in [-0.4, -0.2) is 17.4 Å². The van der Waals surface area contributed by atoms with Gasteiger partial charge in [-0.15, -0.1) is 0 Å². The Labute approximate surface area is 276 Å². The highest BCUT2D eigenvalue weighted by Crippen LogP contribution is 2.40. The lowest BCUT2D eigenvalue weighted by molar-refractivity contribution is 0.481. The summed E-state index contributed by atoms with van der Waals surface area (Å²) in [6.07, 6.45) is 12.8. The minimum absolute atomic E-state index is 0.0124. The van der Waals surface area contributed by atoms with E-state index in [1.807, 2.05) is 6.07 Å². The fourth-order valence-electron chi connectivity index (χ4n) is 5.79. The first kappa shape index (κ1) is 35.8. The molecule has 0 spiro atoms. The molecule has 0 amide bonds. The third kappa shape index (κ3) is 10.7. The molecule has 3 rings (SSSR count). The van der Waals surface area contributed by atoms with Gasteiger partial charge in [-0.3, -0.25) is 4.55 Å². The maximum atomic E-state index is 12.7. The van der Waals surface area contributed by atoms with Crippen LogP contribution in [0.1, 0.15) is 122 Å². The first-order valence-electron chi connectivity index (χ1n) is 16.1. The molecule has 0 saturated heterocycles. The molecule has 0 heterocycles. The highest BCUT2D eigenvalue weighted by molar-refractivity contribution is 14.1. The van der Waals surface area contributed by atoms with Gasteiger partial charge in [0.1, 0.15) is 0 Å². The van der Waals surface area contributed by atoms with Crippen LogP contribution in [0.3, 0.4) is 0 Å². The second-order valence-corrected chi connectivity index (χ2v) is 16.5. The maximum absolute atomic E-state index is 12.7. The molecule has 236 valence electrons. The number of hydrogen-bond acceptors (Lipinski definition) is 2. The lowest BCUT2D eigenvalue weighted by Gasteiger charge is -2.22. The van der Waals surface area contributed by atoms with Gasteiger partial charge in [-0.1, -0.05) is 170 Å². The van der Waals surface area contributed by atoms with Gasteiger partial charge in [0.25, 0.3) is 10.1 Å². The van der Waals surface area contributed by atoms with Crippen molar-refractivity contribution in [3.05, 3.63) is 77.4 Å². The van der Waals surface area contributed by atoms with Crippen LogP contribution in [0.15, 0.2) is 65.6 Å². The summed E-state index contributed by atoms with van der Waals surface area (Å²) in [5.74, 6) is 0. The molecule has 3 aromatic rings. The first-order valence-corrected chi connectivity index (χ1v) is 19.1. The van der Waals surface area contributed by atoms with E-state index in [9.17, 15) is 13.0 Å². The number of halogens is 1. The summed E-state index contributed by atoms with van der Waals surface area (Å²) in [4.78, 5) is 0.0314. The Bertz CT molecular complexity index is 1390. The third-order valence-electron chi connectivity index (χ3n) is 8.46. The Morgan fingerprint density at radius 3 is 1.42 bits per heavy atom. The highest BCUT2D eigenvalue weighted by Gasteiger charge is 2.24. The van der Waals surface area contributed by atoms with Gasteiger partial charge in [-0.05, 0) is 79.5 Å². The van der Waals surface area contributed by atoms with Crippen LogP contribution in [0.5, 0.6) is 0 Å². The summed E-state index contributed by atoms with van der Waals surface area (Å²) in [5, 5.41) is 0. The number of hydrogen-bond donors (Lipinski definition) is 1. The van der Waals surface area contributed by atoms with Gasteiger partial charge < -0.3 is 0 Å². The van der Waals surface area contributed by atoms with Crippen molar-refractivity contribution in [2.75, 3.05) is 4.43 Å². The van der Waals surface area contributed by atoms with E-state index in [4.69, 9.17) is 0 Å². The van der Waals surface area contributed by atoms with Crippen molar-refractivity contribution in [3.8, 4) is 22.3 Å². The fourth-order valence-corrected chi connectivity index (χ4v) is 7.08. The summed E-state index contributed by atoms with van der Waals surface area (Å²) >= 11 is 2.45. The Kier molecular flexibility index (Phi) is 13.3. The van der Waals surface area contributed by atoms with Crippen LogP contribution in [0.25, 0.3) is 22.3 Å². The van der Waals surface area contributed by atoms with E-state index in [1.165, 1.54) is 60.5 Å². The monoisotopic (exact) mass is 716 g/mol. The molecule has 0 aliphatic heterocycles. The number of benzene rings is 3. The Morgan fingerprint density at radius 2 is 1.00 bits per heavy atom. The van der Waals surface area contributed by atoms with Gasteiger partial charge in [0.15, 0.2) is 0 Å². The Hall–Kier alpha value is -1.70. The van der Waals surface area contributed by atoms with E-state index < -0.39 is 10.1 Å². The van der Waals surface area contributed by atoms with Gasteiger partial charge in [-0.25, -0.2) is 0 Å². The zero-order valence-electron chi connectivity index (χ0n) is 27.3. The van der Waals surface area contributed by atoms with E-state index in [2.05, 4.69) is 113 Å². The second kappa shape index (κ2) is 16.0. The van der Waals surface area contributed by atoms with Crippen molar-refractivity contribution in [3.63, 3.8) is 0 Å². The van der Waals surface area contributed by atoms with E-state index in [0.29, 0.717) is 6.42 Å². The molecule has 43 heavy (non-hydrogen) atoms. The van der Waals surface area contributed by atoms with Crippen molar-refractivity contribution in [2.24, 2.45) is 0 Å². The second-order valence-electron chi connectivity index (χ2n) is 14.1. The lowest BCUT2D eigenvalue weighted by Crippen LogP contribution is -2.11.